The van der Waals surface area contributed by atoms with E-state index in [9.17, 15) is 14.0 Å². The molecular weight excluding hydrogens is 327 g/mol. The second-order valence-corrected chi connectivity index (χ2v) is 5.76. The number of hydrogen-bond donors (Lipinski definition) is 1. The molecule has 2 rings (SSSR count). The fraction of sp³-hybridized carbons (Fsp3) is 0.286. The molecule has 2 aromatic rings. The van der Waals surface area contributed by atoms with Crippen LogP contribution < -0.4 is 0 Å². The number of carbonyl (C=O) groups excluding carboxylic acids is 1. The Balaban J connectivity index is 2.34. The molecule has 122 valence electrons. The fourth-order valence-corrected chi connectivity index (χ4v) is 1.89. The topological polar surface area (TPSA) is 88.3 Å². The highest BCUT2D eigenvalue weighted by Gasteiger charge is 2.36. The SMILES string of the molecule is CN(C(=O)c1cn(-c2cccc(Cl)c2F)nn1)C(C)(C)C(=O)O. The van der Waals surface area contributed by atoms with Crippen molar-refractivity contribution in [3.05, 3.63) is 40.9 Å². The maximum absolute atomic E-state index is 14.0. The van der Waals surface area contributed by atoms with E-state index < -0.39 is 23.2 Å². The molecule has 0 bridgehead atoms. The first-order chi connectivity index (χ1) is 10.7. The van der Waals surface area contributed by atoms with Gasteiger partial charge in [-0.05, 0) is 26.0 Å². The second kappa shape index (κ2) is 5.96. The molecule has 1 aromatic carbocycles. The highest BCUT2D eigenvalue weighted by molar-refractivity contribution is 6.30. The summed E-state index contributed by atoms with van der Waals surface area (Å²) < 4.78 is 15.0. The van der Waals surface area contributed by atoms with Crippen molar-refractivity contribution in [3.8, 4) is 5.69 Å². The summed E-state index contributed by atoms with van der Waals surface area (Å²) in [5.41, 5.74) is -1.51. The molecule has 1 N–H and O–H groups in total. The van der Waals surface area contributed by atoms with Crippen LogP contribution in [0.1, 0.15) is 24.3 Å². The Labute approximate surface area is 136 Å². The number of carboxylic acids is 1. The minimum atomic E-state index is -1.43. The zero-order chi connectivity index (χ0) is 17.4. The van der Waals surface area contributed by atoms with Gasteiger partial charge in [-0.3, -0.25) is 4.79 Å². The predicted octanol–water partition coefficient (Wildman–Crippen LogP) is 1.99. The number of nitrogens with zero attached hydrogens (tertiary/aromatic N) is 4. The molecule has 0 saturated heterocycles. The summed E-state index contributed by atoms with van der Waals surface area (Å²) in [6.07, 6.45) is 1.21. The first-order valence-corrected chi connectivity index (χ1v) is 6.92. The van der Waals surface area contributed by atoms with Crippen LogP contribution >= 0.6 is 11.6 Å². The summed E-state index contributed by atoms with van der Waals surface area (Å²) in [6, 6.07) is 4.34. The molecule has 1 amide bonds. The van der Waals surface area contributed by atoms with Gasteiger partial charge in [-0.15, -0.1) is 5.10 Å². The number of likely N-dealkylation sites (N-methyl/N-ethyl adjacent to an activating group) is 1. The van der Waals surface area contributed by atoms with Crippen molar-refractivity contribution in [2.45, 2.75) is 19.4 Å². The fourth-order valence-electron chi connectivity index (χ4n) is 1.72. The third-order valence-corrected chi connectivity index (χ3v) is 3.85. The monoisotopic (exact) mass is 340 g/mol. The number of rotatable bonds is 4. The van der Waals surface area contributed by atoms with Gasteiger partial charge in [0.1, 0.15) is 11.2 Å². The summed E-state index contributed by atoms with van der Waals surface area (Å²) in [5, 5.41) is 16.4. The van der Waals surface area contributed by atoms with Crippen molar-refractivity contribution in [1.29, 1.82) is 0 Å². The van der Waals surface area contributed by atoms with Gasteiger partial charge < -0.3 is 10.0 Å². The summed E-state index contributed by atoms with van der Waals surface area (Å²) in [5.74, 6) is -2.51. The number of amides is 1. The van der Waals surface area contributed by atoms with Crippen LogP contribution in [0.5, 0.6) is 0 Å². The predicted molar refractivity (Wildman–Crippen MR) is 80.1 cm³/mol. The van der Waals surface area contributed by atoms with Crippen molar-refractivity contribution in [3.63, 3.8) is 0 Å². The maximum atomic E-state index is 14.0. The lowest BCUT2D eigenvalue weighted by Crippen LogP contribution is -2.50. The van der Waals surface area contributed by atoms with Crippen LogP contribution in [0.25, 0.3) is 5.69 Å². The normalized spacial score (nSPS) is 11.3. The lowest BCUT2D eigenvalue weighted by molar-refractivity contribution is -0.147. The Hall–Kier alpha value is -2.48. The van der Waals surface area contributed by atoms with E-state index in [1.165, 1.54) is 45.3 Å². The Morgan fingerprint density at radius 2 is 2.04 bits per heavy atom. The van der Waals surface area contributed by atoms with Gasteiger partial charge in [0, 0.05) is 7.05 Å². The first kappa shape index (κ1) is 16.9. The minimum absolute atomic E-state index is 0.0317. The molecule has 0 spiro atoms. The van der Waals surface area contributed by atoms with Crippen molar-refractivity contribution in [2.75, 3.05) is 7.05 Å². The van der Waals surface area contributed by atoms with Crippen molar-refractivity contribution in [2.24, 2.45) is 0 Å². The Kier molecular flexibility index (Phi) is 4.37. The van der Waals surface area contributed by atoms with Crippen LogP contribution in [-0.4, -0.2) is 49.5 Å². The van der Waals surface area contributed by atoms with Crippen LogP contribution in [0.3, 0.4) is 0 Å². The third-order valence-electron chi connectivity index (χ3n) is 3.56. The highest BCUT2D eigenvalue weighted by atomic mass is 35.5. The molecule has 0 saturated carbocycles. The van der Waals surface area contributed by atoms with Gasteiger partial charge in [0.15, 0.2) is 11.5 Å². The standard InChI is InChI=1S/C14H14ClFN4O3/c1-14(2,13(22)23)19(3)12(21)9-7-20(18-17-9)10-6-4-5-8(15)11(10)16/h4-7H,1-3H3,(H,22,23). The average Bonchev–Trinajstić information content (AvgIpc) is 2.97. The van der Waals surface area contributed by atoms with E-state index in [1.807, 2.05) is 0 Å². The van der Waals surface area contributed by atoms with Gasteiger partial charge in [-0.2, -0.15) is 0 Å². The lowest BCUT2D eigenvalue weighted by Gasteiger charge is -2.30. The average molecular weight is 341 g/mol. The Morgan fingerprint density at radius 3 is 2.65 bits per heavy atom. The molecule has 0 aliphatic carbocycles. The molecule has 0 atom stereocenters. The lowest BCUT2D eigenvalue weighted by atomic mass is 10.0. The number of aromatic nitrogens is 3. The smallest absolute Gasteiger partial charge is 0.329 e. The molecule has 0 unspecified atom stereocenters. The van der Waals surface area contributed by atoms with Gasteiger partial charge in [-0.25, -0.2) is 13.9 Å². The van der Waals surface area contributed by atoms with Crippen molar-refractivity contribution in [1.82, 2.24) is 19.9 Å². The van der Waals surface area contributed by atoms with Gasteiger partial charge in [0.2, 0.25) is 0 Å². The van der Waals surface area contributed by atoms with E-state index in [0.29, 0.717) is 0 Å². The molecule has 0 aliphatic rings. The molecule has 1 heterocycles. The van der Waals surface area contributed by atoms with Gasteiger partial charge in [0.05, 0.1) is 11.2 Å². The number of benzene rings is 1. The first-order valence-electron chi connectivity index (χ1n) is 6.54. The van der Waals surface area contributed by atoms with E-state index in [-0.39, 0.29) is 16.4 Å². The number of carbonyl (C=O) groups is 2. The van der Waals surface area contributed by atoms with Crippen LogP contribution in [0.15, 0.2) is 24.4 Å². The van der Waals surface area contributed by atoms with Crippen LogP contribution in [0, 0.1) is 5.82 Å². The number of halogens is 2. The molecule has 0 aliphatic heterocycles. The minimum Gasteiger partial charge on any atom is -0.480 e. The maximum Gasteiger partial charge on any atom is 0.329 e. The van der Waals surface area contributed by atoms with Crippen LogP contribution in [0.2, 0.25) is 5.02 Å². The number of aliphatic carboxylic acids is 1. The van der Waals surface area contributed by atoms with E-state index in [2.05, 4.69) is 10.3 Å². The quantitative estimate of drug-likeness (QED) is 0.919. The van der Waals surface area contributed by atoms with Gasteiger partial charge in [-0.1, -0.05) is 22.9 Å². The molecule has 9 heteroatoms. The molecular formula is C14H14ClFN4O3. The molecule has 0 fully saturated rings. The van der Waals surface area contributed by atoms with Crippen LogP contribution in [0.4, 0.5) is 4.39 Å². The highest BCUT2D eigenvalue weighted by Crippen LogP contribution is 2.21. The largest absolute Gasteiger partial charge is 0.480 e. The zero-order valence-corrected chi connectivity index (χ0v) is 13.4. The Bertz CT molecular complexity index is 775. The summed E-state index contributed by atoms with van der Waals surface area (Å²) >= 11 is 5.70. The van der Waals surface area contributed by atoms with E-state index in [1.54, 1.807) is 0 Å². The third kappa shape index (κ3) is 3.02. The second-order valence-electron chi connectivity index (χ2n) is 5.35. The van der Waals surface area contributed by atoms with Crippen LogP contribution in [-0.2, 0) is 4.79 Å². The Morgan fingerprint density at radius 1 is 1.39 bits per heavy atom. The van der Waals surface area contributed by atoms with Gasteiger partial charge in [0.25, 0.3) is 5.91 Å². The van der Waals surface area contributed by atoms with Crippen molar-refractivity contribution < 1.29 is 19.1 Å². The molecule has 1 aromatic heterocycles. The van der Waals surface area contributed by atoms with Gasteiger partial charge >= 0.3 is 5.97 Å². The molecule has 23 heavy (non-hydrogen) atoms. The zero-order valence-electron chi connectivity index (χ0n) is 12.6. The summed E-state index contributed by atoms with van der Waals surface area (Å²) in [4.78, 5) is 24.6. The molecule has 7 nitrogen and oxygen atoms in total. The van der Waals surface area contributed by atoms with E-state index >= 15 is 0 Å². The number of hydrogen-bond acceptors (Lipinski definition) is 4. The number of carboxylic acid groups (broad SMARTS) is 1. The van der Waals surface area contributed by atoms with Crippen molar-refractivity contribution >= 4 is 23.5 Å². The summed E-state index contributed by atoms with van der Waals surface area (Å²) in [7, 11) is 1.34. The summed E-state index contributed by atoms with van der Waals surface area (Å²) in [6.45, 7) is 2.77. The molecule has 0 radical (unpaired) electrons. The van der Waals surface area contributed by atoms with E-state index in [0.717, 1.165) is 9.58 Å². The van der Waals surface area contributed by atoms with E-state index in [4.69, 9.17) is 16.7 Å².